The molecule has 0 fully saturated rings. The first-order valence-electron chi connectivity index (χ1n) is 5.90. The Hall–Kier alpha value is -0.650. The highest BCUT2D eigenvalue weighted by Crippen LogP contribution is 2.22. The highest BCUT2D eigenvalue weighted by molar-refractivity contribution is 5.76. The molecule has 4 N–H and O–H groups in total. The standard InChI is InChI=1S/C12H26N2O3/c1-9(13)7-14-10(15)6-11(2,3)8-17-12(4,5)16/h9,16H,6-8,13H2,1-5H3,(H,14,15)/t9-/m1/s1. The molecule has 0 radical (unpaired) electrons. The van der Waals surface area contributed by atoms with Crippen molar-refractivity contribution in [1.29, 1.82) is 0 Å². The molecule has 0 unspecified atom stereocenters. The second-order valence-corrected chi connectivity index (χ2v) is 5.86. The summed E-state index contributed by atoms with van der Waals surface area (Å²) in [6, 6.07) is -0.0466. The van der Waals surface area contributed by atoms with Crippen LogP contribution in [0.4, 0.5) is 0 Å². The molecule has 0 spiro atoms. The van der Waals surface area contributed by atoms with Crippen molar-refractivity contribution in [3.05, 3.63) is 0 Å². The number of amides is 1. The summed E-state index contributed by atoms with van der Waals surface area (Å²) in [7, 11) is 0. The Kier molecular flexibility index (Phi) is 6.09. The number of nitrogens with two attached hydrogens (primary N) is 1. The molecule has 5 nitrogen and oxygen atoms in total. The number of ether oxygens (including phenoxy) is 1. The van der Waals surface area contributed by atoms with Crippen LogP contribution in [0, 0.1) is 5.41 Å². The van der Waals surface area contributed by atoms with Gasteiger partial charge in [0.25, 0.3) is 0 Å². The maximum atomic E-state index is 11.6. The van der Waals surface area contributed by atoms with Crippen LogP contribution in [0.25, 0.3) is 0 Å². The molecule has 0 saturated heterocycles. The Morgan fingerprint density at radius 2 is 1.94 bits per heavy atom. The van der Waals surface area contributed by atoms with Crippen LogP contribution in [0.1, 0.15) is 41.0 Å². The van der Waals surface area contributed by atoms with Gasteiger partial charge < -0.3 is 20.9 Å². The van der Waals surface area contributed by atoms with E-state index in [2.05, 4.69) is 5.32 Å². The van der Waals surface area contributed by atoms with Gasteiger partial charge in [0.2, 0.25) is 5.91 Å². The highest BCUT2D eigenvalue weighted by atomic mass is 16.6. The smallest absolute Gasteiger partial charge is 0.220 e. The lowest BCUT2D eigenvalue weighted by Gasteiger charge is -2.28. The largest absolute Gasteiger partial charge is 0.366 e. The summed E-state index contributed by atoms with van der Waals surface area (Å²) in [5.41, 5.74) is 5.23. The second kappa shape index (κ2) is 6.33. The van der Waals surface area contributed by atoms with E-state index in [1.165, 1.54) is 0 Å². The zero-order valence-corrected chi connectivity index (χ0v) is 11.5. The van der Waals surface area contributed by atoms with Crippen molar-refractivity contribution in [2.45, 2.75) is 52.9 Å². The fourth-order valence-electron chi connectivity index (χ4n) is 1.19. The van der Waals surface area contributed by atoms with Crippen molar-refractivity contribution in [3.8, 4) is 0 Å². The normalized spacial score (nSPS) is 14.5. The third kappa shape index (κ3) is 10.2. The number of carbonyl (C=O) groups is 1. The summed E-state index contributed by atoms with van der Waals surface area (Å²) in [5.74, 6) is -1.22. The molecular formula is C12H26N2O3. The Morgan fingerprint density at radius 3 is 2.35 bits per heavy atom. The minimum absolute atomic E-state index is 0.0466. The molecule has 0 aromatic heterocycles. The van der Waals surface area contributed by atoms with Crippen molar-refractivity contribution >= 4 is 5.91 Å². The summed E-state index contributed by atoms with van der Waals surface area (Å²) >= 11 is 0. The summed E-state index contributed by atoms with van der Waals surface area (Å²) in [4.78, 5) is 11.6. The first-order valence-corrected chi connectivity index (χ1v) is 5.90. The van der Waals surface area contributed by atoms with Crippen LogP contribution < -0.4 is 11.1 Å². The van der Waals surface area contributed by atoms with Crippen molar-refractivity contribution in [2.75, 3.05) is 13.2 Å². The van der Waals surface area contributed by atoms with Crippen molar-refractivity contribution in [1.82, 2.24) is 5.32 Å². The summed E-state index contributed by atoms with van der Waals surface area (Å²) < 4.78 is 5.27. The minimum atomic E-state index is -1.17. The van der Waals surface area contributed by atoms with Gasteiger partial charge in [0.1, 0.15) is 0 Å². The molecule has 1 atom stereocenters. The average molecular weight is 246 g/mol. The molecule has 17 heavy (non-hydrogen) atoms. The van der Waals surface area contributed by atoms with E-state index >= 15 is 0 Å². The molecule has 0 aliphatic rings. The number of rotatable bonds is 7. The predicted octanol–water partition coefficient (Wildman–Crippen LogP) is 0.611. The molecular weight excluding hydrogens is 220 g/mol. The zero-order valence-electron chi connectivity index (χ0n) is 11.5. The first kappa shape index (κ1) is 16.4. The maximum absolute atomic E-state index is 11.6. The Labute approximate surface area is 104 Å². The van der Waals surface area contributed by atoms with Crippen molar-refractivity contribution in [2.24, 2.45) is 11.1 Å². The van der Waals surface area contributed by atoms with Crippen LogP contribution in [0.5, 0.6) is 0 Å². The van der Waals surface area contributed by atoms with E-state index in [-0.39, 0.29) is 17.4 Å². The molecule has 0 aliphatic heterocycles. The Balaban J connectivity index is 4.03. The SMILES string of the molecule is C[C@@H](N)CNC(=O)CC(C)(C)COC(C)(C)O. The van der Waals surface area contributed by atoms with Gasteiger partial charge in [0.15, 0.2) is 5.79 Å². The number of aliphatic hydroxyl groups is 1. The fourth-order valence-corrected chi connectivity index (χ4v) is 1.19. The van der Waals surface area contributed by atoms with Crippen LogP contribution in [0.15, 0.2) is 0 Å². The molecule has 0 aliphatic carbocycles. The van der Waals surface area contributed by atoms with Crippen LogP contribution >= 0.6 is 0 Å². The van der Waals surface area contributed by atoms with E-state index in [1.54, 1.807) is 13.8 Å². The summed E-state index contributed by atoms with van der Waals surface area (Å²) in [5, 5.41) is 12.2. The topological polar surface area (TPSA) is 84.6 Å². The molecule has 0 bridgehead atoms. The molecule has 0 saturated carbocycles. The average Bonchev–Trinajstić information content (AvgIpc) is 2.10. The number of hydrogen-bond acceptors (Lipinski definition) is 4. The summed E-state index contributed by atoms with van der Waals surface area (Å²) in [6.45, 7) is 9.61. The van der Waals surface area contributed by atoms with Crippen LogP contribution in [0.3, 0.4) is 0 Å². The number of carbonyl (C=O) groups excluding carboxylic acids is 1. The lowest BCUT2D eigenvalue weighted by atomic mass is 9.90. The molecule has 0 aromatic rings. The van der Waals surface area contributed by atoms with Crippen LogP contribution in [-0.4, -0.2) is 36.0 Å². The van der Waals surface area contributed by atoms with Gasteiger partial charge in [-0.1, -0.05) is 13.8 Å². The molecule has 0 heterocycles. The van der Waals surface area contributed by atoms with Gasteiger partial charge in [0.05, 0.1) is 6.61 Å². The van der Waals surface area contributed by atoms with E-state index in [0.29, 0.717) is 19.6 Å². The first-order chi connectivity index (χ1) is 7.52. The number of hydrogen-bond donors (Lipinski definition) is 3. The highest BCUT2D eigenvalue weighted by Gasteiger charge is 2.25. The van der Waals surface area contributed by atoms with E-state index in [1.807, 2.05) is 20.8 Å². The Bertz CT molecular complexity index is 245. The fraction of sp³-hybridized carbons (Fsp3) is 0.917. The van der Waals surface area contributed by atoms with E-state index in [0.717, 1.165) is 0 Å². The van der Waals surface area contributed by atoms with E-state index < -0.39 is 5.79 Å². The van der Waals surface area contributed by atoms with Gasteiger partial charge in [-0.25, -0.2) is 0 Å². The monoisotopic (exact) mass is 246 g/mol. The van der Waals surface area contributed by atoms with Gasteiger partial charge in [0, 0.05) is 19.0 Å². The van der Waals surface area contributed by atoms with Crippen molar-refractivity contribution in [3.63, 3.8) is 0 Å². The number of nitrogens with one attached hydrogen (secondary N) is 1. The second-order valence-electron chi connectivity index (χ2n) is 5.86. The minimum Gasteiger partial charge on any atom is -0.366 e. The van der Waals surface area contributed by atoms with E-state index in [4.69, 9.17) is 10.5 Å². The summed E-state index contributed by atoms with van der Waals surface area (Å²) in [6.07, 6.45) is 0.343. The van der Waals surface area contributed by atoms with E-state index in [9.17, 15) is 9.90 Å². The van der Waals surface area contributed by atoms with Gasteiger partial charge in [-0.05, 0) is 26.2 Å². The predicted molar refractivity (Wildman–Crippen MR) is 67.3 cm³/mol. The molecule has 1 amide bonds. The molecule has 102 valence electrons. The molecule has 0 aromatic carbocycles. The lowest BCUT2D eigenvalue weighted by molar-refractivity contribution is -0.192. The van der Waals surface area contributed by atoms with Gasteiger partial charge >= 0.3 is 0 Å². The van der Waals surface area contributed by atoms with Gasteiger partial charge in [-0.15, -0.1) is 0 Å². The van der Waals surface area contributed by atoms with Crippen LogP contribution in [0.2, 0.25) is 0 Å². The molecule has 0 rings (SSSR count). The van der Waals surface area contributed by atoms with Crippen LogP contribution in [-0.2, 0) is 9.53 Å². The zero-order chi connectivity index (χ0) is 13.7. The Morgan fingerprint density at radius 1 is 1.41 bits per heavy atom. The third-order valence-corrected chi connectivity index (χ3v) is 2.08. The quantitative estimate of drug-likeness (QED) is 0.575. The maximum Gasteiger partial charge on any atom is 0.220 e. The van der Waals surface area contributed by atoms with Gasteiger partial charge in [-0.2, -0.15) is 0 Å². The van der Waals surface area contributed by atoms with Gasteiger partial charge in [-0.3, -0.25) is 4.79 Å². The molecule has 5 heteroatoms. The van der Waals surface area contributed by atoms with Crippen molar-refractivity contribution < 1.29 is 14.6 Å². The third-order valence-electron chi connectivity index (χ3n) is 2.08. The lowest BCUT2D eigenvalue weighted by Crippen LogP contribution is -2.38.